The van der Waals surface area contributed by atoms with Crippen LogP contribution in [0.15, 0.2) is 35.2 Å². The summed E-state index contributed by atoms with van der Waals surface area (Å²) in [5.74, 6) is 0.657. The lowest BCUT2D eigenvalue weighted by Crippen LogP contribution is -2.05. The zero-order chi connectivity index (χ0) is 9.97. The smallest absolute Gasteiger partial charge is 0.122 e. The van der Waals surface area contributed by atoms with E-state index in [1.807, 2.05) is 6.07 Å². The Labute approximate surface area is 89.9 Å². The topological polar surface area (TPSA) is 56.7 Å². The highest BCUT2D eigenvalue weighted by Crippen LogP contribution is 2.11. The first-order chi connectivity index (χ1) is 6.75. The van der Waals surface area contributed by atoms with Crippen LogP contribution in [0.25, 0.3) is 0 Å². The molecule has 2 heterocycles. The van der Waals surface area contributed by atoms with Gasteiger partial charge in [0.1, 0.15) is 5.82 Å². The summed E-state index contributed by atoms with van der Waals surface area (Å²) in [4.78, 5) is 4.07. The van der Waals surface area contributed by atoms with Gasteiger partial charge < -0.3 is 5.73 Å². The van der Waals surface area contributed by atoms with Crippen LogP contribution >= 0.6 is 15.9 Å². The molecule has 0 saturated heterocycles. The van der Waals surface area contributed by atoms with Crippen LogP contribution in [0.1, 0.15) is 5.56 Å². The first-order valence-electron chi connectivity index (χ1n) is 4.12. The molecule has 0 saturated carbocycles. The number of anilines is 1. The molecular weight excluding hydrogens is 244 g/mol. The lowest BCUT2D eigenvalue weighted by molar-refractivity contribution is 0.694. The average molecular weight is 253 g/mol. The summed E-state index contributed by atoms with van der Waals surface area (Å²) in [5, 5.41) is 4.09. The van der Waals surface area contributed by atoms with Crippen LogP contribution in [0.5, 0.6) is 0 Å². The fourth-order valence-corrected chi connectivity index (χ4v) is 1.60. The molecule has 0 radical (unpaired) electrons. The lowest BCUT2D eigenvalue weighted by Gasteiger charge is -2.03. The molecule has 14 heavy (non-hydrogen) atoms. The monoisotopic (exact) mass is 252 g/mol. The van der Waals surface area contributed by atoms with Gasteiger partial charge in [0.2, 0.25) is 0 Å². The SMILES string of the molecule is Nc1ccnn1Cc1cncc(Br)c1. The fraction of sp³-hybridized carbons (Fsp3) is 0.111. The lowest BCUT2D eigenvalue weighted by atomic mass is 10.3. The molecule has 0 aliphatic rings. The second kappa shape index (κ2) is 3.79. The average Bonchev–Trinajstić information content (AvgIpc) is 2.52. The number of pyridine rings is 1. The Balaban J connectivity index is 2.23. The van der Waals surface area contributed by atoms with E-state index in [2.05, 4.69) is 26.0 Å². The first kappa shape index (κ1) is 9.21. The number of nitrogens with two attached hydrogens (primary N) is 1. The molecule has 4 nitrogen and oxygen atoms in total. The van der Waals surface area contributed by atoms with Crippen molar-refractivity contribution >= 4 is 21.7 Å². The van der Waals surface area contributed by atoms with Crippen LogP contribution in [0.2, 0.25) is 0 Å². The molecule has 2 N–H and O–H groups in total. The number of nitrogen functional groups attached to an aromatic ring is 1. The third-order valence-electron chi connectivity index (χ3n) is 1.84. The van der Waals surface area contributed by atoms with Crippen LogP contribution in [-0.4, -0.2) is 14.8 Å². The molecule has 2 aromatic heterocycles. The predicted molar refractivity (Wildman–Crippen MR) is 57.7 cm³/mol. The third-order valence-corrected chi connectivity index (χ3v) is 2.28. The van der Waals surface area contributed by atoms with E-state index in [-0.39, 0.29) is 0 Å². The van der Waals surface area contributed by atoms with Gasteiger partial charge >= 0.3 is 0 Å². The van der Waals surface area contributed by atoms with Gasteiger partial charge in [-0.25, -0.2) is 4.68 Å². The predicted octanol–water partition coefficient (Wildman–Crippen LogP) is 1.67. The summed E-state index contributed by atoms with van der Waals surface area (Å²) >= 11 is 3.36. The summed E-state index contributed by atoms with van der Waals surface area (Å²) in [6, 6.07) is 3.76. The van der Waals surface area contributed by atoms with Crippen molar-refractivity contribution in [2.75, 3.05) is 5.73 Å². The van der Waals surface area contributed by atoms with Gasteiger partial charge in [-0.2, -0.15) is 5.10 Å². The summed E-state index contributed by atoms with van der Waals surface area (Å²) in [6.07, 6.45) is 5.22. The highest BCUT2D eigenvalue weighted by Gasteiger charge is 2.00. The summed E-state index contributed by atoms with van der Waals surface area (Å²) < 4.78 is 2.68. The van der Waals surface area contributed by atoms with Crippen molar-refractivity contribution in [3.63, 3.8) is 0 Å². The second-order valence-corrected chi connectivity index (χ2v) is 3.84. The van der Waals surface area contributed by atoms with E-state index < -0.39 is 0 Å². The number of aromatic nitrogens is 3. The second-order valence-electron chi connectivity index (χ2n) is 2.93. The van der Waals surface area contributed by atoms with Crippen molar-refractivity contribution in [1.82, 2.24) is 14.8 Å². The van der Waals surface area contributed by atoms with E-state index in [1.165, 1.54) is 0 Å². The Morgan fingerprint density at radius 2 is 2.29 bits per heavy atom. The molecule has 0 bridgehead atoms. The van der Waals surface area contributed by atoms with Crippen molar-refractivity contribution in [3.05, 3.63) is 40.8 Å². The Morgan fingerprint density at radius 3 is 2.93 bits per heavy atom. The molecule has 0 aliphatic heterocycles. The maximum Gasteiger partial charge on any atom is 0.122 e. The molecule has 0 aromatic carbocycles. The van der Waals surface area contributed by atoms with Gasteiger partial charge in [0.25, 0.3) is 0 Å². The molecule has 5 heteroatoms. The van der Waals surface area contributed by atoms with Gasteiger partial charge in [0.15, 0.2) is 0 Å². The molecule has 0 amide bonds. The normalized spacial score (nSPS) is 10.4. The summed E-state index contributed by atoms with van der Waals surface area (Å²) in [6.45, 7) is 0.644. The molecule has 0 spiro atoms. The molecule has 0 fully saturated rings. The summed E-state index contributed by atoms with van der Waals surface area (Å²) in [5.41, 5.74) is 6.76. The van der Waals surface area contributed by atoms with Crippen molar-refractivity contribution in [3.8, 4) is 0 Å². The zero-order valence-corrected chi connectivity index (χ0v) is 8.98. The Bertz CT molecular complexity index is 438. The maximum absolute atomic E-state index is 5.69. The maximum atomic E-state index is 5.69. The molecule has 2 aromatic rings. The summed E-state index contributed by atoms with van der Waals surface area (Å²) in [7, 11) is 0. The van der Waals surface area contributed by atoms with Crippen LogP contribution < -0.4 is 5.73 Å². The Hall–Kier alpha value is -1.36. The van der Waals surface area contributed by atoms with Crippen LogP contribution in [0.4, 0.5) is 5.82 Å². The number of hydrogen-bond donors (Lipinski definition) is 1. The quantitative estimate of drug-likeness (QED) is 0.885. The largest absolute Gasteiger partial charge is 0.384 e. The van der Waals surface area contributed by atoms with Crippen molar-refractivity contribution in [2.45, 2.75) is 6.54 Å². The Kier molecular flexibility index (Phi) is 2.49. The van der Waals surface area contributed by atoms with E-state index in [0.717, 1.165) is 10.0 Å². The highest BCUT2D eigenvalue weighted by atomic mass is 79.9. The van der Waals surface area contributed by atoms with Gasteiger partial charge in [-0.05, 0) is 33.6 Å². The van der Waals surface area contributed by atoms with E-state index >= 15 is 0 Å². The van der Waals surface area contributed by atoms with Gasteiger partial charge in [-0.3, -0.25) is 4.98 Å². The highest BCUT2D eigenvalue weighted by molar-refractivity contribution is 9.10. The standard InChI is InChI=1S/C9H9BrN4/c10-8-3-7(4-12-5-8)6-14-9(11)1-2-13-14/h1-5H,6,11H2. The third kappa shape index (κ3) is 1.93. The van der Waals surface area contributed by atoms with E-state index in [9.17, 15) is 0 Å². The van der Waals surface area contributed by atoms with Crippen LogP contribution in [-0.2, 0) is 6.54 Å². The number of hydrogen-bond acceptors (Lipinski definition) is 3. The van der Waals surface area contributed by atoms with Crippen molar-refractivity contribution in [1.29, 1.82) is 0 Å². The van der Waals surface area contributed by atoms with Gasteiger partial charge in [0, 0.05) is 16.9 Å². The number of halogens is 1. The first-order valence-corrected chi connectivity index (χ1v) is 4.92. The van der Waals surface area contributed by atoms with Crippen molar-refractivity contribution < 1.29 is 0 Å². The van der Waals surface area contributed by atoms with E-state index in [1.54, 1.807) is 29.3 Å². The fourth-order valence-electron chi connectivity index (χ4n) is 1.19. The van der Waals surface area contributed by atoms with E-state index in [4.69, 9.17) is 5.73 Å². The van der Waals surface area contributed by atoms with Crippen molar-refractivity contribution in [2.24, 2.45) is 0 Å². The minimum atomic E-state index is 0.644. The van der Waals surface area contributed by atoms with E-state index in [0.29, 0.717) is 12.4 Å². The van der Waals surface area contributed by atoms with Crippen LogP contribution in [0, 0.1) is 0 Å². The van der Waals surface area contributed by atoms with Gasteiger partial charge in [-0.1, -0.05) is 0 Å². The zero-order valence-electron chi connectivity index (χ0n) is 7.39. The molecule has 0 unspecified atom stereocenters. The molecule has 72 valence electrons. The van der Waals surface area contributed by atoms with Crippen LogP contribution in [0.3, 0.4) is 0 Å². The molecule has 0 aliphatic carbocycles. The van der Waals surface area contributed by atoms with Gasteiger partial charge in [-0.15, -0.1) is 0 Å². The molecular formula is C9H9BrN4. The number of rotatable bonds is 2. The molecule has 0 atom stereocenters. The van der Waals surface area contributed by atoms with Gasteiger partial charge in [0.05, 0.1) is 12.7 Å². The number of nitrogens with zero attached hydrogens (tertiary/aromatic N) is 3. The minimum absolute atomic E-state index is 0.644. The molecule has 2 rings (SSSR count). The Morgan fingerprint density at radius 1 is 1.43 bits per heavy atom. The minimum Gasteiger partial charge on any atom is -0.384 e.